The molecule has 7 heteroatoms. The van der Waals surface area contributed by atoms with E-state index < -0.39 is 0 Å². The first-order valence-corrected chi connectivity index (χ1v) is 7.75. The Bertz CT molecular complexity index is 421. The summed E-state index contributed by atoms with van der Waals surface area (Å²) in [6, 6.07) is 0.978. The zero-order valence-corrected chi connectivity index (χ0v) is 13.5. The van der Waals surface area contributed by atoms with Crippen molar-refractivity contribution in [1.82, 2.24) is 19.9 Å². The second-order valence-electron chi connectivity index (χ2n) is 5.32. The molecule has 1 aromatic rings. The van der Waals surface area contributed by atoms with Gasteiger partial charge in [0.25, 0.3) is 0 Å². The van der Waals surface area contributed by atoms with Gasteiger partial charge < -0.3 is 15.0 Å². The standard InChI is InChI=1S/C14H26N6O/c1-5-15-12-16-13(18-14(17-12)21-6-2)20-9-7-19(8-10-20)11(3)4/h11H,5-10H2,1-4H3,(H,15,16,17,18). The van der Waals surface area contributed by atoms with Crippen LogP contribution in [0, 0.1) is 0 Å². The highest BCUT2D eigenvalue weighted by atomic mass is 16.5. The normalized spacial score (nSPS) is 16.3. The van der Waals surface area contributed by atoms with Gasteiger partial charge in [-0.15, -0.1) is 0 Å². The molecule has 0 atom stereocenters. The van der Waals surface area contributed by atoms with Crippen molar-refractivity contribution in [1.29, 1.82) is 0 Å². The Hall–Kier alpha value is -1.63. The van der Waals surface area contributed by atoms with Gasteiger partial charge >= 0.3 is 6.01 Å². The summed E-state index contributed by atoms with van der Waals surface area (Å²) in [6.07, 6.45) is 0. The van der Waals surface area contributed by atoms with Crippen molar-refractivity contribution in [3.05, 3.63) is 0 Å². The molecule has 7 nitrogen and oxygen atoms in total. The molecule has 0 saturated carbocycles. The second kappa shape index (κ2) is 7.40. The molecule has 0 aliphatic carbocycles. The van der Waals surface area contributed by atoms with Gasteiger partial charge in [-0.3, -0.25) is 4.90 Å². The molecule has 0 unspecified atom stereocenters. The maximum Gasteiger partial charge on any atom is 0.323 e. The lowest BCUT2D eigenvalue weighted by atomic mass is 10.2. The summed E-state index contributed by atoms with van der Waals surface area (Å²) in [4.78, 5) is 17.8. The molecule has 1 N–H and O–H groups in total. The largest absolute Gasteiger partial charge is 0.464 e. The van der Waals surface area contributed by atoms with E-state index in [1.54, 1.807) is 0 Å². The van der Waals surface area contributed by atoms with Crippen molar-refractivity contribution in [3.63, 3.8) is 0 Å². The molecule has 21 heavy (non-hydrogen) atoms. The second-order valence-corrected chi connectivity index (χ2v) is 5.32. The Morgan fingerprint density at radius 2 is 1.81 bits per heavy atom. The fourth-order valence-electron chi connectivity index (χ4n) is 2.36. The van der Waals surface area contributed by atoms with Crippen LogP contribution in [-0.4, -0.2) is 65.2 Å². The molecule has 1 aliphatic heterocycles. The van der Waals surface area contributed by atoms with E-state index in [1.165, 1.54) is 0 Å². The first-order valence-electron chi connectivity index (χ1n) is 7.75. The van der Waals surface area contributed by atoms with Crippen molar-refractivity contribution in [2.45, 2.75) is 33.7 Å². The van der Waals surface area contributed by atoms with Gasteiger partial charge in [0.15, 0.2) is 0 Å². The smallest absolute Gasteiger partial charge is 0.323 e. The minimum atomic E-state index is 0.393. The summed E-state index contributed by atoms with van der Waals surface area (Å²) in [5.41, 5.74) is 0. The van der Waals surface area contributed by atoms with Crippen molar-refractivity contribution >= 4 is 11.9 Å². The molecule has 1 fully saturated rings. The molecule has 1 aromatic heterocycles. The zero-order chi connectivity index (χ0) is 15.2. The van der Waals surface area contributed by atoms with Gasteiger partial charge in [-0.05, 0) is 27.7 Å². The van der Waals surface area contributed by atoms with Crippen LogP contribution in [-0.2, 0) is 0 Å². The van der Waals surface area contributed by atoms with Gasteiger partial charge in [-0.2, -0.15) is 15.0 Å². The summed E-state index contributed by atoms with van der Waals surface area (Å²) < 4.78 is 5.44. The van der Waals surface area contributed by atoms with Gasteiger partial charge in [-0.25, -0.2) is 0 Å². The van der Waals surface area contributed by atoms with Crippen molar-refractivity contribution < 1.29 is 4.74 Å². The van der Waals surface area contributed by atoms with Gasteiger partial charge in [-0.1, -0.05) is 0 Å². The fourth-order valence-corrected chi connectivity index (χ4v) is 2.36. The van der Waals surface area contributed by atoms with Gasteiger partial charge in [0.2, 0.25) is 11.9 Å². The van der Waals surface area contributed by atoms with E-state index >= 15 is 0 Å². The summed E-state index contributed by atoms with van der Waals surface area (Å²) in [6.45, 7) is 13.7. The number of rotatable bonds is 6. The van der Waals surface area contributed by atoms with Crippen LogP contribution in [0.1, 0.15) is 27.7 Å². The first-order chi connectivity index (χ1) is 10.1. The molecule has 2 heterocycles. The van der Waals surface area contributed by atoms with E-state index in [1.807, 2.05) is 13.8 Å². The third-order valence-corrected chi connectivity index (χ3v) is 3.54. The highest BCUT2D eigenvalue weighted by molar-refractivity contribution is 5.38. The summed E-state index contributed by atoms with van der Waals surface area (Å²) in [7, 11) is 0. The minimum absolute atomic E-state index is 0.393. The third-order valence-electron chi connectivity index (χ3n) is 3.54. The molecule has 0 amide bonds. The summed E-state index contributed by atoms with van der Waals surface area (Å²) in [5.74, 6) is 1.28. The molecule has 0 radical (unpaired) electrons. The molecule has 1 aliphatic rings. The molecular weight excluding hydrogens is 268 g/mol. The van der Waals surface area contributed by atoms with E-state index in [4.69, 9.17) is 4.74 Å². The number of nitrogens with zero attached hydrogens (tertiary/aromatic N) is 5. The number of hydrogen-bond acceptors (Lipinski definition) is 7. The number of hydrogen-bond donors (Lipinski definition) is 1. The van der Waals surface area contributed by atoms with E-state index in [0.717, 1.165) is 32.7 Å². The minimum Gasteiger partial charge on any atom is -0.464 e. The van der Waals surface area contributed by atoms with Crippen molar-refractivity contribution in [2.75, 3.05) is 49.5 Å². The van der Waals surface area contributed by atoms with Crippen LogP contribution < -0.4 is 15.0 Å². The summed E-state index contributed by atoms with van der Waals surface area (Å²) in [5, 5.41) is 3.13. The molecular formula is C14H26N6O. The van der Waals surface area contributed by atoms with Crippen LogP contribution in [0.4, 0.5) is 11.9 Å². The number of ether oxygens (including phenoxy) is 1. The lowest BCUT2D eigenvalue weighted by molar-refractivity contribution is 0.208. The maximum atomic E-state index is 5.44. The highest BCUT2D eigenvalue weighted by Gasteiger charge is 2.21. The predicted octanol–water partition coefficient (Wildman–Crippen LogP) is 1.23. The Labute approximate surface area is 126 Å². The Balaban J connectivity index is 2.11. The van der Waals surface area contributed by atoms with E-state index in [-0.39, 0.29) is 0 Å². The van der Waals surface area contributed by atoms with Crippen LogP contribution in [0.5, 0.6) is 6.01 Å². The van der Waals surface area contributed by atoms with E-state index in [0.29, 0.717) is 30.6 Å². The number of piperazine rings is 1. The lowest BCUT2D eigenvalue weighted by Crippen LogP contribution is -2.49. The van der Waals surface area contributed by atoms with Gasteiger partial charge in [0.05, 0.1) is 6.61 Å². The highest BCUT2D eigenvalue weighted by Crippen LogP contribution is 2.17. The van der Waals surface area contributed by atoms with Crippen LogP contribution in [0.2, 0.25) is 0 Å². The maximum absolute atomic E-state index is 5.44. The Morgan fingerprint density at radius 3 is 2.38 bits per heavy atom. The van der Waals surface area contributed by atoms with Crippen molar-refractivity contribution in [3.8, 4) is 6.01 Å². The van der Waals surface area contributed by atoms with Crippen LogP contribution in [0.25, 0.3) is 0 Å². The SMILES string of the molecule is CCNc1nc(OCC)nc(N2CCN(C(C)C)CC2)n1. The third kappa shape index (κ3) is 4.17. The van der Waals surface area contributed by atoms with Gasteiger partial charge in [0, 0.05) is 38.8 Å². The molecule has 0 aromatic carbocycles. The number of aromatic nitrogens is 3. The molecule has 0 bridgehead atoms. The molecule has 118 valence electrons. The zero-order valence-electron chi connectivity index (χ0n) is 13.5. The van der Waals surface area contributed by atoms with E-state index in [2.05, 4.69) is 43.9 Å². The van der Waals surface area contributed by atoms with Crippen LogP contribution in [0.15, 0.2) is 0 Å². The molecule has 1 saturated heterocycles. The average Bonchev–Trinajstić information content (AvgIpc) is 2.48. The van der Waals surface area contributed by atoms with Crippen LogP contribution >= 0.6 is 0 Å². The lowest BCUT2D eigenvalue weighted by Gasteiger charge is -2.36. The number of anilines is 2. The fraction of sp³-hybridized carbons (Fsp3) is 0.786. The van der Waals surface area contributed by atoms with Gasteiger partial charge in [0.1, 0.15) is 0 Å². The molecule has 0 spiro atoms. The topological polar surface area (TPSA) is 66.4 Å². The molecule has 2 rings (SSSR count). The van der Waals surface area contributed by atoms with E-state index in [9.17, 15) is 0 Å². The average molecular weight is 294 g/mol. The van der Waals surface area contributed by atoms with Crippen molar-refractivity contribution in [2.24, 2.45) is 0 Å². The predicted molar refractivity (Wildman–Crippen MR) is 84.1 cm³/mol. The summed E-state index contributed by atoms with van der Waals surface area (Å²) >= 11 is 0. The Kier molecular flexibility index (Phi) is 5.55. The number of nitrogens with one attached hydrogen (secondary N) is 1. The van der Waals surface area contributed by atoms with Crippen LogP contribution in [0.3, 0.4) is 0 Å². The quantitative estimate of drug-likeness (QED) is 0.846. The first kappa shape index (κ1) is 15.8. The monoisotopic (exact) mass is 294 g/mol. The Morgan fingerprint density at radius 1 is 1.10 bits per heavy atom.